The number of rotatable bonds is 2. The van der Waals surface area contributed by atoms with Gasteiger partial charge in [-0.25, -0.2) is 0 Å². The van der Waals surface area contributed by atoms with Crippen LogP contribution in [0.2, 0.25) is 0 Å². The molecule has 2 N–H and O–H groups in total. The Morgan fingerprint density at radius 3 is 3.17 bits per heavy atom. The molecule has 0 aromatic heterocycles. The van der Waals surface area contributed by atoms with Crippen LogP contribution in [0.1, 0.15) is 25.3 Å². The fourth-order valence-corrected chi connectivity index (χ4v) is 2.60. The zero-order valence-corrected chi connectivity index (χ0v) is 10.6. The lowest BCUT2D eigenvalue weighted by Crippen LogP contribution is -2.39. The van der Waals surface area contributed by atoms with Gasteiger partial charge < -0.3 is 15.4 Å². The van der Waals surface area contributed by atoms with Crippen molar-refractivity contribution in [3.8, 4) is 0 Å². The first-order chi connectivity index (χ1) is 8.67. The number of amides is 1. The predicted octanol–water partition coefficient (Wildman–Crippen LogP) is 2.16. The van der Waals surface area contributed by atoms with Crippen molar-refractivity contribution in [1.82, 2.24) is 0 Å². The zero-order valence-electron chi connectivity index (χ0n) is 10.6. The van der Waals surface area contributed by atoms with Crippen LogP contribution in [-0.2, 0) is 16.0 Å². The molecule has 1 aromatic rings. The monoisotopic (exact) mass is 246 g/mol. The fraction of sp³-hybridized carbons (Fsp3) is 0.500. The molecule has 1 unspecified atom stereocenters. The van der Waals surface area contributed by atoms with E-state index >= 15 is 0 Å². The van der Waals surface area contributed by atoms with Crippen molar-refractivity contribution < 1.29 is 9.53 Å². The second kappa shape index (κ2) is 4.28. The summed E-state index contributed by atoms with van der Waals surface area (Å²) in [6.07, 6.45) is 2.77. The molecule has 0 saturated carbocycles. The fourth-order valence-electron chi connectivity index (χ4n) is 2.60. The van der Waals surface area contributed by atoms with Gasteiger partial charge >= 0.3 is 0 Å². The minimum Gasteiger partial charge on any atom is -0.384 e. The molecule has 4 heteroatoms. The van der Waals surface area contributed by atoms with E-state index in [0.29, 0.717) is 6.61 Å². The molecule has 18 heavy (non-hydrogen) atoms. The standard InChI is InChI=1S/C14H18N2O2/c1-14(6-2-8-18-14)13(17)16-11-3-4-12-10(9-11)5-7-15-12/h3-4,9,15H,2,5-8H2,1H3,(H,16,17). The summed E-state index contributed by atoms with van der Waals surface area (Å²) in [7, 11) is 0. The highest BCUT2D eigenvalue weighted by molar-refractivity contribution is 5.97. The van der Waals surface area contributed by atoms with Crippen LogP contribution in [0.3, 0.4) is 0 Å². The van der Waals surface area contributed by atoms with Gasteiger partial charge in [0.2, 0.25) is 0 Å². The highest BCUT2D eigenvalue weighted by atomic mass is 16.5. The van der Waals surface area contributed by atoms with E-state index in [2.05, 4.69) is 10.6 Å². The van der Waals surface area contributed by atoms with E-state index in [1.165, 1.54) is 11.3 Å². The number of benzene rings is 1. The maximum absolute atomic E-state index is 12.2. The van der Waals surface area contributed by atoms with E-state index in [1.807, 2.05) is 25.1 Å². The quantitative estimate of drug-likeness (QED) is 0.840. The van der Waals surface area contributed by atoms with Gasteiger partial charge in [0.1, 0.15) is 5.60 Å². The van der Waals surface area contributed by atoms with Crippen molar-refractivity contribution in [2.45, 2.75) is 31.8 Å². The van der Waals surface area contributed by atoms with Crippen LogP contribution < -0.4 is 10.6 Å². The predicted molar refractivity (Wildman–Crippen MR) is 70.9 cm³/mol. The van der Waals surface area contributed by atoms with Crippen LogP contribution in [0.5, 0.6) is 0 Å². The van der Waals surface area contributed by atoms with Gasteiger partial charge in [-0.2, -0.15) is 0 Å². The van der Waals surface area contributed by atoms with E-state index in [1.54, 1.807) is 0 Å². The molecule has 2 aliphatic heterocycles. The molecule has 1 saturated heterocycles. The number of hydrogen-bond acceptors (Lipinski definition) is 3. The van der Waals surface area contributed by atoms with Gasteiger partial charge in [-0.1, -0.05) is 0 Å². The van der Waals surface area contributed by atoms with E-state index in [-0.39, 0.29) is 5.91 Å². The topological polar surface area (TPSA) is 50.4 Å². The molecular weight excluding hydrogens is 228 g/mol. The first kappa shape index (κ1) is 11.5. The van der Waals surface area contributed by atoms with Gasteiger partial charge in [0, 0.05) is 24.5 Å². The molecule has 96 valence electrons. The van der Waals surface area contributed by atoms with Gasteiger partial charge in [0.15, 0.2) is 0 Å². The summed E-state index contributed by atoms with van der Waals surface area (Å²) in [5.74, 6) is -0.0362. The van der Waals surface area contributed by atoms with Gasteiger partial charge in [-0.3, -0.25) is 4.79 Å². The minimum absolute atomic E-state index is 0.0362. The van der Waals surface area contributed by atoms with E-state index in [9.17, 15) is 4.79 Å². The lowest BCUT2D eigenvalue weighted by Gasteiger charge is -2.22. The average molecular weight is 246 g/mol. The zero-order chi connectivity index (χ0) is 12.6. The van der Waals surface area contributed by atoms with Crippen molar-refractivity contribution in [2.24, 2.45) is 0 Å². The number of carbonyl (C=O) groups excluding carboxylic acids is 1. The lowest BCUT2D eigenvalue weighted by molar-refractivity contribution is -0.133. The molecule has 0 radical (unpaired) electrons. The smallest absolute Gasteiger partial charge is 0.256 e. The average Bonchev–Trinajstić information content (AvgIpc) is 2.98. The number of carbonyl (C=O) groups is 1. The second-order valence-electron chi connectivity index (χ2n) is 5.19. The largest absolute Gasteiger partial charge is 0.384 e. The van der Waals surface area contributed by atoms with Crippen molar-refractivity contribution in [2.75, 3.05) is 23.8 Å². The molecule has 3 rings (SSSR count). The van der Waals surface area contributed by atoms with Crippen molar-refractivity contribution in [3.05, 3.63) is 23.8 Å². The van der Waals surface area contributed by atoms with Crippen LogP contribution in [0.25, 0.3) is 0 Å². The Morgan fingerprint density at radius 1 is 1.50 bits per heavy atom. The molecule has 2 heterocycles. The van der Waals surface area contributed by atoms with Gasteiger partial charge in [-0.15, -0.1) is 0 Å². The summed E-state index contributed by atoms with van der Waals surface area (Å²) in [4.78, 5) is 12.2. The van der Waals surface area contributed by atoms with Crippen molar-refractivity contribution >= 4 is 17.3 Å². The Morgan fingerprint density at radius 2 is 2.39 bits per heavy atom. The van der Waals surface area contributed by atoms with Crippen LogP contribution in [-0.4, -0.2) is 24.7 Å². The summed E-state index contributed by atoms with van der Waals surface area (Å²) in [5.41, 5.74) is 2.65. The van der Waals surface area contributed by atoms with Crippen LogP contribution in [0, 0.1) is 0 Å². The summed E-state index contributed by atoms with van der Waals surface area (Å²) < 4.78 is 5.54. The Labute approximate surface area is 107 Å². The summed E-state index contributed by atoms with van der Waals surface area (Å²) in [5, 5.41) is 6.27. The second-order valence-corrected chi connectivity index (χ2v) is 5.19. The highest BCUT2D eigenvalue weighted by Gasteiger charge is 2.37. The number of nitrogens with one attached hydrogen (secondary N) is 2. The Hall–Kier alpha value is -1.55. The Kier molecular flexibility index (Phi) is 2.74. The lowest BCUT2D eigenvalue weighted by atomic mass is 10.0. The maximum Gasteiger partial charge on any atom is 0.256 e. The molecular formula is C14H18N2O2. The molecule has 0 aliphatic carbocycles. The highest BCUT2D eigenvalue weighted by Crippen LogP contribution is 2.29. The molecule has 0 spiro atoms. The van der Waals surface area contributed by atoms with Crippen LogP contribution in [0.15, 0.2) is 18.2 Å². The molecule has 1 amide bonds. The minimum atomic E-state index is -0.655. The Balaban J connectivity index is 1.74. The van der Waals surface area contributed by atoms with Crippen molar-refractivity contribution in [3.63, 3.8) is 0 Å². The SMILES string of the molecule is CC1(C(=O)Nc2ccc3c(c2)CCN3)CCCO1. The summed E-state index contributed by atoms with van der Waals surface area (Å²) in [6.45, 7) is 3.52. The van der Waals surface area contributed by atoms with Gasteiger partial charge in [0.25, 0.3) is 5.91 Å². The molecule has 1 aromatic carbocycles. The third kappa shape index (κ3) is 1.97. The van der Waals surface area contributed by atoms with Crippen molar-refractivity contribution in [1.29, 1.82) is 0 Å². The van der Waals surface area contributed by atoms with Gasteiger partial charge in [0.05, 0.1) is 0 Å². The Bertz CT molecular complexity index is 479. The number of hydrogen-bond donors (Lipinski definition) is 2. The number of anilines is 2. The van der Waals surface area contributed by atoms with E-state index in [0.717, 1.165) is 31.5 Å². The third-order valence-corrected chi connectivity index (χ3v) is 3.77. The maximum atomic E-state index is 12.2. The molecule has 1 atom stereocenters. The summed E-state index contributed by atoms with van der Waals surface area (Å²) >= 11 is 0. The summed E-state index contributed by atoms with van der Waals surface area (Å²) in [6, 6.07) is 6.01. The molecule has 4 nitrogen and oxygen atoms in total. The van der Waals surface area contributed by atoms with Crippen LogP contribution in [0.4, 0.5) is 11.4 Å². The van der Waals surface area contributed by atoms with E-state index in [4.69, 9.17) is 4.74 Å². The van der Waals surface area contributed by atoms with E-state index < -0.39 is 5.60 Å². The molecule has 0 bridgehead atoms. The van der Waals surface area contributed by atoms with Crippen LogP contribution >= 0.6 is 0 Å². The van der Waals surface area contributed by atoms with Gasteiger partial charge in [-0.05, 0) is 49.9 Å². The molecule has 2 aliphatic rings. The first-order valence-corrected chi connectivity index (χ1v) is 6.50. The number of fused-ring (bicyclic) bond motifs is 1. The number of ether oxygens (including phenoxy) is 1. The molecule has 1 fully saturated rings. The first-order valence-electron chi connectivity index (χ1n) is 6.50. The third-order valence-electron chi connectivity index (χ3n) is 3.77. The normalized spacial score (nSPS) is 25.6.